The van der Waals surface area contributed by atoms with Crippen molar-refractivity contribution in [1.82, 2.24) is 4.98 Å². The normalized spacial score (nSPS) is 20.9. The SMILES string of the molecule is Cc1cc2c(cc1C)C(=O)C1(O)CCN(c3ccc4nc(N)ccc4c3)C1=N2. The van der Waals surface area contributed by atoms with Gasteiger partial charge in [-0.3, -0.25) is 4.79 Å². The molecule has 0 bridgehead atoms. The Kier molecular flexibility index (Phi) is 3.39. The number of benzene rings is 2. The Labute approximate surface area is 162 Å². The number of Topliss-reactive ketones (excluding diaryl/α,β-unsaturated/α-hetero) is 1. The first-order valence-electron chi connectivity index (χ1n) is 9.28. The molecule has 140 valence electrons. The van der Waals surface area contributed by atoms with Crippen LogP contribution in [0, 0.1) is 13.8 Å². The molecule has 1 fully saturated rings. The minimum absolute atomic E-state index is 0.270. The zero-order valence-corrected chi connectivity index (χ0v) is 15.7. The summed E-state index contributed by atoms with van der Waals surface area (Å²) in [6.07, 6.45) is 0.315. The minimum atomic E-state index is -1.58. The fourth-order valence-electron chi connectivity index (χ4n) is 4.04. The van der Waals surface area contributed by atoms with Crippen LogP contribution in [0.5, 0.6) is 0 Å². The van der Waals surface area contributed by atoms with Gasteiger partial charge >= 0.3 is 0 Å². The molecular weight excluding hydrogens is 352 g/mol. The minimum Gasteiger partial charge on any atom is -0.384 e. The van der Waals surface area contributed by atoms with E-state index in [1.54, 1.807) is 6.07 Å². The maximum atomic E-state index is 13.1. The largest absolute Gasteiger partial charge is 0.384 e. The number of rotatable bonds is 1. The fourth-order valence-corrected chi connectivity index (χ4v) is 4.04. The molecule has 1 atom stereocenters. The van der Waals surface area contributed by atoms with E-state index in [-0.39, 0.29) is 5.78 Å². The van der Waals surface area contributed by atoms with Crippen LogP contribution in [-0.4, -0.2) is 33.9 Å². The summed E-state index contributed by atoms with van der Waals surface area (Å²) in [6.45, 7) is 4.47. The molecule has 6 nitrogen and oxygen atoms in total. The summed E-state index contributed by atoms with van der Waals surface area (Å²) in [6, 6.07) is 13.2. The molecule has 1 saturated heterocycles. The summed E-state index contributed by atoms with van der Waals surface area (Å²) in [4.78, 5) is 24.1. The zero-order valence-electron chi connectivity index (χ0n) is 15.7. The van der Waals surface area contributed by atoms with Gasteiger partial charge in [-0.1, -0.05) is 0 Å². The van der Waals surface area contributed by atoms with Crippen molar-refractivity contribution in [1.29, 1.82) is 0 Å². The average Bonchev–Trinajstić information content (AvgIpc) is 3.01. The molecule has 5 rings (SSSR count). The summed E-state index contributed by atoms with van der Waals surface area (Å²) in [5, 5.41) is 12.2. The van der Waals surface area contributed by atoms with Crippen LogP contribution in [0.15, 0.2) is 47.5 Å². The summed E-state index contributed by atoms with van der Waals surface area (Å²) >= 11 is 0. The Balaban J connectivity index is 1.65. The molecule has 2 aromatic carbocycles. The van der Waals surface area contributed by atoms with Crippen molar-refractivity contribution in [2.75, 3.05) is 17.2 Å². The van der Waals surface area contributed by atoms with Crippen molar-refractivity contribution in [3.63, 3.8) is 0 Å². The van der Waals surface area contributed by atoms with Crippen molar-refractivity contribution >= 4 is 39.7 Å². The Bertz CT molecular complexity index is 1200. The maximum absolute atomic E-state index is 13.1. The number of aromatic nitrogens is 1. The first-order chi connectivity index (χ1) is 13.4. The highest BCUT2D eigenvalue weighted by molar-refractivity contribution is 6.28. The second kappa shape index (κ2) is 5.62. The number of anilines is 2. The van der Waals surface area contributed by atoms with Gasteiger partial charge in [0.2, 0.25) is 5.78 Å². The molecule has 3 aromatic rings. The van der Waals surface area contributed by atoms with Gasteiger partial charge in [-0.25, -0.2) is 9.98 Å². The van der Waals surface area contributed by atoms with E-state index in [1.165, 1.54) is 0 Å². The third-order valence-electron chi connectivity index (χ3n) is 5.79. The Morgan fingerprint density at radius 3 is 2.71 bits per heavy atom. The van der Waals surface area contributed by atoms with E-state index in [1.807, 2.05) is 55.1 Å². The van der Waals surface area contributed by atoms with Crippen molar-refractivity contribution in [3.05, 3.63) is 59.2 Å². The number of hydrogen-bond acceptors (Lipinski definition) is 6. The fraction of sp³-hybridized carbons (Fsp3) is 0.227. The lowest BCUT2D eigenvalue weighted by molar-refractivity contribution is 0.0602. The Hall–Kier alpha value is -3.25. The van der Waals surface area contributed by atoms with E-state index in [2.05, 4.69) is 4.98 Å². The zero-order chi connectivity index (χ0) is 19.6. The number of ketones is 1. The summed E-state index contributed by atoms with van der Waals surface area (Å²) in [7, 11) is 0. The number of hydrogen-bond donors (Lipinski definition) is 2. The first-order valence-corrected chi connectivity index (χ1v) is 9.28. The molecule has 2 aliphatic rings. The number of carbonyl (C=O) groups excluding carboxylic acids is 1. The number of aliphatic hydroxyl groups is 1. The van der Waals surface area contributed by atoms with Gasteiger partial charge in [0, 0.05) is 29.6 Å². The van der Waals surface area contributed by atoms with Crippen LogP contribution >= 0.6 is 0 Å². The molecule has 0 radical (unpaired) electrons. The lowest BCUT2D eigenvalue weighted by atomic mass is 9.86. The number of aliphatic imine (C=N–C) groups is 1. The highest BCUT2D eigenvalue weighted by atomic mass is 16.3. The van der Waals surface area contributed by atoms with Gasteiger partial charge in [-0.05, 0) is 67.4 Å². The number of amidine groups is 1. The summed E-state index contributed by atoms with van der Waals surface area (Å²) < 4.78 is 0. The van der Waals surface area contributed by atoms with Crippen LogP contribution in [0.3, 0.4) is 0 Å². The van der Waals surface area contributed by atoms with E-state index < -0.39 is 5.60 Å². The molecule has 28 heavy (non-hydrogen) atoms. The molecule has 3 heterocycles. The van der Waals surface area contributed by atoms with Crippen molar-refractivity contribution in [2.45, 2.75) is 25.9 Å². The highest BCUT2D eigenvalue weighted by Crippen LogP contribution is 2.40. The van der Waals surface area contributed by atoms with Crippen LogP contribution in [0.25, 0.3) is 10.9 Å². The smallest absolute Gasteiger partial charge is 0.204 e. The van der Waals surface area contributed by atoms with E-state index in [0.29, 0.717) is 35.9 Å². The van der Waals surface area contributed by atoms with E-state index in [0.717, 1.165) is 27.7 Å². The number of nitrogen functional groups attached to an aromatic ring is 1. The van der Waals surface area contributed by atoms with Gasteiger partial charge in [0.1, 0.15) is 11.7 Å². The predicted octanol–water partition coefficient (Wildman–Crippen LogP) is 3.30. The van der Waals surface area contributed by atoms with Gasteiger partial charge in [-0.15, -0.1) is 0 Å². The first kappa shape index (κ1) is 16.9. The van der Waals surface area contributed by atoms with Crippen LogP contribution in [0.2, 0.25) is 0 Å². The monoisotopic (exact) mass is 372 g/mol. The quantitative estimate of drug-likeness (QED) is 0.684. The average molecular weight is 372 g/mol. The number of carbonyl (C=O) groups is 1. The molecule has 2 aliphatic heterocycles. The third-order valence-corrected chi connectivity index (χ3v) is 5.79. The summed E-state index contributed by atoms with van der Waals surface area (Å²) in [5.74, 6) is 0.602. The second-order valence-electron chi connectivity index (χ2n) is 7.59. The predicted molar refractivity (Wildman–Crippen MR) is 110 cm³/mol. The molecule has 1 unspecified atom stereocenters. The lowest BCUT2D eigenvalue weighted by Gasteiger charge is -2.30. The van der Waals surface area contributed by atoms with E-state index >= 15 is 0 Å². The van der Waals surface area contributed by atoms with Crippen LogP contribution in [0.1, 0.15) is 27.9 Å². The number of nitrogens with two attached hydrogens (primary N) is 1. The number of aryl methyl sites for hydroxylation is 2. The van der Waals surface area contributed by atoms with Gasteiger partial charge in [-0.2, -0.15) is 0 Å². The Morgan fingerprint density at radius 2 is 1.89 bits per heavy atom. The maximum Gasteiger partial charge on any atom is 0.204 e. The second-order valence-corrected chi connectivity index (χ2v) is 7.59. The van der Waals surface area contributed by atoms with Crippen LogP contribution in [0.4, 0.5) is 17.2 Å². The Morgan fingerprint density at radius 1 is 1.11 bits per heavy atom. The third kappa shape index (κ3) is 2.28. The van der Waals surface area contributed by atoms with Gasteiger partial charge in [0.15, 0.2) is 5.60 Å². The number of pyridine rings is 1. The van der Waals surface area contributed by atoms with E-state index in [4.69, 9.17) is 10.7 Å². The molecule has 0 aliphatic carbocycles. The van der Waals surface area contributed by atoms with Crippen LogP contribution in [-0.2, 0) is 0 Å². The molecular formula is C22H20N4O2. The molecule has 0 saturated carbocycles. The molecule has 0 amide bonds. The number of fused-ring (bicyclic) bond motifs is 3. The van der Waals surface area contributed by atoms with Crippen molar-refractivity contribution in [3.8, 4) is 0 Å². The van der Waals surface area contributed by atoms with Gasteiger partial charge in [0.25, 0.3) is 0 Å². The topological polar surface area (TPSA) is 91.8 Å². The van der Waals surface area contributed by atoms with Crippen molar-refractivity contribution in [2.24, 2.45) is 4.99 Å². The number of nitrogens with zero attached hydrogens (tertiary/aromatic N) is 3. The van der Waals surface area contributed by atoms with Gasteiger partial charge < -0.3 is 15.7 Å². The van der Waals surface area contributed by atoms with Gasteiger partial charge in [0.05, 0.1) is 11.2 Å². The molecule has 0 spiro atoms. The molecule has 1 aromatic heterocycles. The highest BCUT2D eigenvalue weighted by Gasteiger charge is 2.52. The summed E-state index contributed by atoms with van der Waals surface area (Å²) in [5.41, 5.74) is 9.06. The molecule has 3 N–H and O–H groups in total. The van der Waals surface area contributed by atoms with E-state index in [9.17, 15) is 9.90 Å². The molecule has 6 heteroatoms. The lowest BCUT2D eigenvalue weighted by Crippen LogP contribution is -2.48. The van der Waals surface area contributed by atoms with Crippen molar-refractivity contribution < 1.29 is 9.90 Å². The standard InChI is InChI=1S/C22H20N4O2/c1-12-9-16-18(10-13(12)2)25-21-22(28,20(16)27)7-8-26(21)15-4-5-17-14(11-15)3-6-19(23)24-17/h3-6,9-11,28H,7-8H2,1-2H3,(H2,23,24). The van der Waals surface area contributed by atoms with Crippen LogP contribution < -0.4 is 10.6 Å².